The smallest absolute Gasteiger partial charge is 0.308 e. The molecule has 1 N–H and O–H groups in total. The number of rotatable bonds is 3. The predicted octanol–water partition coefficient (Wildman–Crippen LogP) is 2.39. The highest BCUT2D eigenvalue weighted by molar-refractivity contribution is 5.84. The number of piperidine rings is 1. The molecule has 0 radical (unpaired) electrons. The number of aliphatic carboxylic acids is 1. The summed E-state index contributed by atoms with van der Waals surface area (Å²) in [5.41, 5.74) is 0.629. The van der Waals surface area contributed by atoms with E-state index in [0.29, 0.717) is 31.4 Å². The van der Waals surface area contributed by atoms with Gasteiger partial charge in [0.05, 0.1) is 5.92 Å². The second kappa shape index (κ2) is 5.66. The van der Waals surface area contributed by atoms with E-state index in [1.807, 2.05) is 0 Å². The minimum atomic E-state index is -0.903. The van der Waals surface area contributed by atoms with Gasteiger partial charge in [0.15, 0.2) is 11.6 Å². The molecule has 22 heavy (non-hydrogen) atoms. The SMILES string of the molecule is O=C(O)[C@H]1CCCN(C(=O)C2CC2c2ccc(F)c(F)c2)C1. The molecule has 0 aromatic heterocycles. The van der Waals surface area contributed by atoms with Crippen LogP contribution in [0.3, 0.4) is 0 Å². The number of carboxylic acid groups (broad SMARTS) is 1. The number of hydrogen-bond donors (Lipinski definition) is 1. The number of carboxylic acids is 1. The number of halogens is 2. The van der Waals surface area contributed by atoms with Crippen LogP contribution < -0.4 is 0 Å². The summed E-state index contributed by atoms with van der Waals surface area (Å²) in [6.45, 7) is 0.818. The molecule has 1 aliphatic heterocycles. The van der Waals surface area contributed by atoms with E-state index in [1.54, 1.807) is 4.90 Å². The first-order chi connectivity index (χ1) is 10.5. The van der Waals surface area contributed by atoms with Gasteiger partial charge in [-0.1, -0.05) is 6.07 Å². The van der Waals surface area contributed by atoms with Crippen LogP contribution in [0.15, 0.2) is 18.2 Å². The number of carbonyl (C=O) groups is 2. The van der Waals surface area contributed by atoms with Crippen molar-refractivity contribution in [3.05, 3.63) is 35.4 Å². The second-order valence-corrected chi connectivity index (χ2v) is 6.08. The number of hydrogen-bond acceptors (Lipinski definition) is 2. The molecule has 1 aromatic rings. The van der Waals surface area contributed by atoms with Gasteiger partial charge in [0.25, 0.3) is 0 Å². The van der Waals surface area contributed by atoms with Gasteiger partial charge >= 0.3 is 5.97 Å². The van der Waals surface area contributed by atoms with Crippen molar-refractivity contribution in [3.8, 4) is 0 Å². The first-order valence-corrected chi connectivity index (χ1v) is 7.44. The number of likely N-dealkylation sites (tertiary alicyclic amines) is 1. The summed E-state index contributed by atoms with van der Waals surface area (Å²) >= 11 is 0. The van der Waals surface area contributed by atoms with Crippen LogP contribution in [-0.2, 0) is 9.59 Å². The monoisotopic (exact) mass is 309 g/mol. The second-order valence-electron chi connectivity index (χ2n) is 6.08. The molecule has 3 rings (SSSR count). The fraction of sp³-hybridized carbons (Fsp3) is 0.500. The molecule has 1 heterocycles. The average molecular weight is 309 g/mol. The Balaban J connectivity index is 1.65. The molecule has 1 aliphatic carbocycles. The van der Waals surface area contributed by atoms with Crippen molar-refractivity contribution >= 4 is 11.9 Å². The van der Waals surface area contributed by atoms with Crippen LogP contribution in [0.25, 0.3) is 0 Å². The van der Waals surface area contributed by atoms with Gasteiger partial charge in [0.2, 0.25) is 5.91 Å². The molecule has 3 atom stereocenters. The molecule has 1 amide bonds. The van der Waals surface area contributed by atoms with Gasteiger partial charge in [-0.2, -0.15) is 0 Å². The number of amides is 1. The minimum absolute atomic E-state index is 0.0688. The third kappa shape index (κ3) is 2.82. The third-order valence-electron chi connectivity index (χ3n) is 4.56. The van der Waals surface area contributed by atoms with Gasteiger partial charge in [-0.3, -0.25) is 9.59 Å². The maximum Gasteiger partial charge on any atom is 0.308 e. The average Bonchev–Trinajstić information content (AvgIpc) is 3.30. The molecule has 1 saturated carbocycles. The zero-order valence-corrected chi connectivity index (χ0v) is 12.0. The molecule has 1 saturated heterocycles. The summed E-state index contributed by atoms with van der Waals surface area (Å²) in [6.07, 6.45) is 1.89. The fourth-order valence-electron chi connectivity index (χ4n) is 3.19. The molecule has 118 valence electrons. The molecule has 4 nitrogen and oxygen atoms in total. The van der Waals surface area contributed by atoms with Crippen LogP contribution in [0.2, 0.25) is 0 Å². The van der Waals surface area contributed by atoms with Crippen molar-refractivity contribution in [1.29, 1.82) is 0 Å². The van der Waals surface area contributed by atoms with Gasteiger partial charge in [0, 0.05) is 19.0 Å². The fourth-order valence-corrected chi connectivity index (χ4v) is 3.19. The largest absolute Gasteiger partial charge is 0.481 e. The zero-order valence-electron chi connectivity index (χ0n) is 12.0. The van der Waals surface area contributed by atoms with Gasteiger partial charge < -0.3 is 10.0 Å². The molecule has 2 aliphatic rings. The van der Waals surface area contributed by atoms with Crippen LogP contribution in [0.1, 0.15) is 30.7 Å². The van der Waals surface area contributed by atoms with E-state index < -0.39 is 23.5 Å². The Bertz CT molecular complexity index is 619. The molecule has 0 bridgehead atoms. The first-order valence-electron chi connectivity index (χ1n) is 7.44. The zero-order chi connectivity index (χ0) is 15.9. The topological polar surface area (TPSA) is 57.6 Å². The molecule has 1 aromatic carbocycles. The minimum Gasteiger partial charge on any atom is -0.481 e. The Kier molecular flexibility index (Phi) is 3.85. The van der Waals surface area contributed by atoms with E-state index in [9.17, 15) is 18.4 Å². The van der Waals surface area contributed by atoms with E-state index in [4.69, 9.17) is 5.11 Å². The summed E-state index contributed by atoms with van der Waals surface area (Å²) < 4.78 is 26.2. The third-order valence-corrected chi connectivity index (χ3v) is 4.56. The highest BCUT2D eigenvalue weighted by atomic mass is 19.2. The lowest BCUT2D eigenvalue weighted by molar-refractivity contribution is -0.146. The lowest BCUT2D eigenvalue weighted by atomic mass is 9.97. The van der Waals surface area contributed by atoms with E-state index in [1.165, 1.54) is 6.07 Å². The van der Waals surface area contributed by atoms with Gasteiger partial charge in [-0.25, -0.2) is 8.78 Å². The molecule has 2 unspecified atom stereocenters. The number of benzene rings is 1. The molecular formula is C16H17F2NO3. The Morgan fingerprint density at radius 1 is 1.23 bits per heavy atom. The van der Waals surface area contributed by atoms with Crippen LogP contribution in [0, 0.1) is 23.5 Å². The van der Waals surface area contributed by atoms with Crippen molar-refractivity contribution in [3.63, 3.8) is 0 Å². The normalized spacial score (nSPS) is 27.5. The highest BCUT2D eigenvalue weighted by Crippen LogP contribution is 2.49. The molecule has 6 heteroatoms. The summed E-state index contributed by atoms with van der Waals surface area (Å²) in [5, 5.41) is 9.06. The van der Waals surface area contributed by atoms with Gasteiger partial charge in [-0.05, 0) is 42.9 Å². The van der Waals surface area contributed by atoms with Gasteiger partial charge in [-0.15, -0.1) is 0 Å². The Morgan fingerprint density at radius 3 is 2.68 bits per heavy atom. The standard InChI is InChI=1S/C16H17F2NO3/c17-13-4-3-9(6-14(13)18)11-7-12(11)15(20)19-5-1-2-10(8-19)16(21)22/h3-4,6,10-12H,1-2,5,7-8H2,(H,21,22)/t10-,11?,12?/m0/s1. The molecule has 0 spiro atoms. The molecular weight excluding hydrogens is 292 g/mol. The summed E-state index contributed by atoms with van der Waals surface area (Å²) in [6, 6.07) is 3.72. The number of nitrogens with zero attached hydrogens (tertiary/aromatic N) is 1. The van der Waals surface area contributed by atoms with E-state index >= 15 is 0 Å². The van der Waals surface area contributed by atoms with Crippen LogP contribution in [0.4, 0.5) is 8.78 Å². The van der Waals surface area contributed by atoms with E-state index in [-0.39, 0.29) is 24.3 Å². The number of carbonyl (C=O) groups excluding carboxylic acids is 1. The van der Waals surface area contributed by atoms with Crippen molar-refractivity contribution in [2.75, 3.05) is 13.1 Å². The maximum atomic E-state index is 13.3. The first kappa shape index (κ1) is 14.9. The van der Waals surface area contributed by atoms with Crippen molar-refractivity contribution in [1.82, 2.24) is 4.90 Å². The quantitative estimate of drug-likeness (QED) is 0.932. The predicted molar refractivity (Wildman–Crippen MR) is 74.1 cm³/mol. The maximum absolute atomic E-state index is 13.3. The van der Waals surface area contributed by atoms with Crippen LogP contribution in [0.5, 0.6) is 0 Å². The Hall–Kier alpha value is -1.98. The van der Waals surface area contributed by atoms with E-state index in [2.05, 4.69) is 0 Å². The Morgan fingerprint density at radius 2 is 2.00 bits per heavy atom. The Labute approximate surface area is 126 Å². The lowest BCUT2D eigenvalue weighted by Gasteiger charge is -2.31. The van der Waals surface area contributed by atoms with Crippen LogP contribution >= 0.6 is 0 Å². The van der Waals surface area contributed by atoms with Crippen molar-refractivity contribution < 1.29 is 23.5 Å². The summed E-state index contributed by atoms with van der Waals surface area (Å²) in [5.74, 6) is -3.57. The van der Waals surface area contributed by atoms with E-state index in [0.717, 1.165) is 12.1 Å². The van der Waals surface area contributed by atoms with Gasteiger partial charge in [0.1, 0.15) is 0 Å². The molecule has 2 fully saturated rings. The summed E-state index contributed by atoms with van der Waals surface area (Å²) in [4.78, 5) is 25.1. The lowest BCUT2D eigenvalue weighted by Crippen LogP contribution is -2.43. The van der Waals surface area contributed by atoms with Crippen molar-refractivity contribution in [2.24, 2.45) is 11.8 Å². The van der Waals surface area contributed by atoms with Crippen LogP contribution in [-0.4, -0.2) is 35.0 Å². The van der Waals surface area contributed by atoms with Crippen molar-refractivity contribution in [2.45, 2.75) is 25.2 Å². The summed E-state index contributed by atoms with van der Waals surface area (Å²) in [7, 11) is 0. The highest BCUT2D eigenvalue weighted by Gasteiger charge is 2.46.